The van der Waals surface area contributed by atoms with Crippen LogP contribution in [-0.4, -0.2) is 20.9 Å². The molecule has 31 heavy (non-hydrogen) atoms. The third-order valence-corrected chi connectivity index (χ3v) is 7.69. The van der Waals surface area contributed by atoms with Crippen LogP contribution in [0.1, 0.15) is 16.7 Å². The molecule has 0 unspecified atom stereocenters. The number of aryl methyl sites for hydroxylation is 2. The SMILES string of the molecule is Cc1ccc(S(=O)(=O)N(C(=O)COc2ccc(Br)cc2Br)c2cccc(C)c2C)cc1. The van der Waals surface area contributed by atoms with Crippen molar-refractivity contribution < 1.29 is 17.9 Å². The van der Waals surface area contributed by atoms with E-state index >= 15 is 0 Å². The van der Waals surface area contributed by atoms with Crippen LogP contribution in [0.2, 0.25) is 0 Å². The molecule has 0 N–H and O–H groups in total. The minimum absolute atomic E-state index is 0.0391. The van der Waals surface area contributed by atoms with E-state index in [1.807, 2.05) is 19.9 Å². The predicted molar refractivity (Wildman–Crippen MR) is 129 cm³/mol. The van der Waals surface area contributed by atoms with Crippen LogP contribution >= 0.6 is 31.9 Å². The first-order valence-electron chi connectivity index (χ1n) is 9.40. The molecule has 0 aliphatic rings. The van der Waals surface area contributed by atoms with Crippen molar-refractivity contribution in [1.29, 1.82) is 0 Å². The van der Waals surface area contributed by atoms with Crippen molar-refractivity contribution in [2.24, 2.45) is 0 Å². The highest BCUT2D eigenvalue weighted by molar-refractivity contribution is 9.11. The zero-order valence-corrected chi connectivity index (χ0v) is 21.2. The van der Waals surface area contributed by atoms with E-state index in [9.17, 15) is 13.2 Å². The lowest BCUT2D eigenvalue weighted by atomic mass is 10.1. The maximum Gasteiger partial charge on any atom is 0.278 e. The average Bonchev–Trinajstić information content (AvgIpc) is 2.71. The summed E-state index contributed by atoms with van der Waals surface area (Å²) in [5, 5.41) is 0. The molecule has 0 radical (unpaired) electrons. The number of carbonyl (C=O) groups excluding carboxylic acids is 1. The van der Waals surface area contributed by atoms with Crippen molar-refractivity contribution >= 4 is 53.5 Å². The summed E-state index contributed by atoms with van der Waals surface area (Å²) in [6.45, 7) is 5.09. The van der Waals surface area contributed by atoms with E-state index in [2.05, 4.69) is 31.9 Å². The van der Waals surface area contributed by atoms with Crippen LogP contribution in [0.4, 0.5) is 5.69 Å². The summed E-state index contributed by atoms with van der Waals surface area (Å²) in [7, 11) is -4.15. The van der Waals surface area contributed by atoms with Crippen LogP contribution in [0, 0.1) is 20.8 Å². The summed E-state index contributed by atoms with van der Waals surface area (Å²) in [4.78, 5) is 13.3. The number of carbonyl (C=O) groups is 1. The lowest BCUT2D eigenvalue weighted by molar-refractivity contribution is -0.119. The zero-order chi connectivity index (χ0) is 22.8. The van der Waals surface area contributed by atoms with E-state index in [0.29, 0.717) is 21.5 Å². The summed E-state index contributed by atoms with van der Waals surface area (Å²) in [6, 6.07) is 16.9. The monoisotopic (exact) mass is 565 g/mol. The largest absolute Gasteiger partial charge is 0.483 e. The van der Waals surface area contributed by atoms with E-state index in [0.717, 1.165) is 19.9 Å². The molecule has 0 aliphatic carbocycles. The Morgan fingerprint density at radius 1 is 0.968 bits per heavy atom. The molecule has 5 nitrogen and oxygen atoms in total. The van der Waals surface area contributed by atoms with Gasteiger partial charge in [-0.25, -0.2) is 8.42 Å². The molecule has 0 aromatic heterocycles. The van der Waals surface area contributed by atoms with Gasteiger partial charge in [0, 0.05) is 4.47 Å². The van der Waals surface area contributed by atoms with Gasteiger partial charge in [0.1, 0.15) is 5.75 Å². The Labute approximate surface area is 199 Å². The Hall–Kier alpha value is -2.16. The number of hydrogen-bond acceptors (Lipinski definition) is 4. The van der Waals surface area contributed by atoms with Gasteiger partial charge in [0.05, 0.1) is 15.1 Å². The van der Waals surface area contributed by atoms with Crippen molar-refractivity contribution in [1.82, 2.24) is 0 Å². The minimum atomic E-state index is -4.15. The fourth-order valence-corrected chi connectivity index (χ4v) is 5.59. The Bertz CT molecular complexity index is 1220. The second-order valence-corrected chi connectivity index (χ2v) is 10.6. The first-order chi connectivity index (χ1) is 14.6. The van der Waals surface area contributed by atoms with Crippen LogP contribution < -0.4 is 9.04 Å². The molecule has 0 atom stereocenters. The predicted octanol–water partition coefficient (Wildman–Crippen LogP) is 5.94. The number of anilines is 1. The van der Waals surface area contributed by atoms with E-state index < -0.39 is 22.5 Å². The molecule has 3 rings (SSSR count). The van der Waals surface area contributed by atoms with Crippen LogP contribution in [0.5, 0.6) is 5.75 Å². The fourth-order valence-electron chi connectivity index (χ4n) is 2.96. The van der Waals surface area contributed by atoms with Crippen LogP contribution in [-0.2, 0) is 14.8 Å². The smallest absolute Gasteiger partial charge is 0.278 e. The Kier molecular flexibility index (Phi) is 7.24. The highest BCUT2D eigenvalue weighted by atomic mass is 79.9. The highest BCUT2D eigenvalue weighted by Crippen LogP contribution is 2.31. The van der Waals surface area contributed by atoms with Crippen LogP contribution in [0.3, 0.4) is 0 Å². The number of nitrogens with zero attached hydrogens (tertiary/aromatic N) is 1. The first-order valence-corrected chi connectivity index (χ1v) is 12.4. The molecule has 0 saturated heterocycles. The van der Waals surface area contributed by atoms with E-state index in [-0.39, 0.29) is 4.90 Å². The average molecular weight is 567 g/mol. The second-order valence-electron chi connectivity index (χ2n) is 7.06. The molecule has 1 amide bonds. The lowest BCUT2D eigenvalue weighted by Gasteiger charge is -2.25. The number of sulfonamides is 1. The second kappa shape index (κ2) is 9.54. The molecule has 0 saturated carbocycles. The Morgan fingerprint density at radius 2 is 1.65 bits per heavy atom. The first kappa shape index (κ1) is 23.5. The third-order valence-electron chi connectivity index (χ3n) is 4.83. The van der Waals surface area contributed by atoms with Gasteiger partial charge in [0.2, 0.25) is 0 Å². The van der Waals surface area contributed by atoms with Gasteiger partial charge >= 0.3 is 0 Å². The number of benzene rings is 3. The number of rotatable bonds is 6. The van der Waals surface area contributed by atoms with Crippen molar-refractivity contribution in [2.75, 3.05) is 10.9 Å². The number of hydrogen-bond donors (Lipinski definition) is 0. The third kappa shape index (κ3) is 5.19. The molecule has 0 spiro atoms. The maximum absolute atomic E-state index is 13.5. The van der Waals surface area contributed by atoms with Crippen molar-refractivity contribution in [3.05, 3.63) is 86.3 Å². The van der Waals surface area contributed by atoms with Gasteiger partial charge in [0.25, 0.3) is 15.9 Å². The highest BCUT2D eigenvalue weighted by Gasteiger charge is 2.32. The minimum Gasteiger partial charge on any atom is -0.483 e. The number of halogens is 2. The van der Waals surface area contributed by atoms with Gasteiger partial charge in [-0.2, -0.15) is 4.31 Å². The van der Waals surface area contributed by atoms with Gasteiger partial charge < -0.3 is 4.74 Å². The Balaban J connectivity index is 2.02. The molecule has 3 aromatic carbocycles. The van der Waals surface area contributed by atoms with Crippen molar-refractivity contribution in [3.8, 4) is 5.75 Å². The maximum atomic E-state index is 13.5. The molecule has 3 aromatic rings. The van der Waals surface area contributed by atoms with E-state index in [1.54, 1.807) is 49.4 Å². The van der Waals surface area contributed by atoms with Gasteiger partial charge in [-0.15, -0.1) is 0 Å². The van der Waals surface area contributed by atoms with Gasteiger partial charge in [-0.3, -0.25) is 4.79 Å². The van der Waals surface area contributed by atoms with Gasteiger partial charge in [-0.05, 0) is 84.2 Å². The van der Waals surface area contributed by atoms with Crippen LogP contribution in [0.15, 0.2) is 74.5 Å². The zero-order valence-electron chi connectivity index (χ0n) is 17.2. The van der Waals surface area contributed by atoms with Gasteiger partial charge in [-0.1, -0.05) is 45.8 Å². The van der Waals surface area contributed by atoms with Crippen molar-refractivity contribution in [2.45, 2.75) is 25.7 Å². The summed E-state index contributed by atoms with van der Waals surface area (Å²) in [5.74, 6) is -0.255. The van der Waals surface area contributed by atoms with E-state index in [4.69, 9.17) is 4.74 Å². The van der Waals surface area contributed by atoms with Gasteiger partial charge in [0.15, 0.2) is 6.61 Å². The molecule has 0 bridgehead atoms. The summed E-state index contributed by atoms with van der Waals surface area (Å²) >= 11 is 6.75. The summed E-state index contributed by atoms with van der Waals surface area (Å²) in [6.07, 6.45) is 0. The number of amides is 1. The molecular formula is C23H21Br2NO4S. The quantitative estimate of drug-likeness (QED) is 0.370. The molecule has 162 valence electrons. The fraction of sp³-hybridized carbons (Fsp3) is 0.174. The Morgan fingerprint density at radius 3 is 2.29 bits per heavy atom. The molecule has 0 aliphatic heterocycles. The number of ether oxygens (including phenoxy) is 1. The molecule has 0 heterocycles. The molecule has 8 heteroatoms. The summed E-state index contributed by atoms with van der Waals surface area (Å²) in [5.41, 5.74) is 2.82. The van der Waals surface area contributed by atoms with Crippen LogP contribution in [0.25, 0.3) is 0 Å². The lowest BCUT2D eigenvalue weighted by Crippen LogP contribution is -2.40. The molecule has 0 fully saturated rings. The normalized spacial score (nSPS) is 11.3. The molecular weight excluding hydrogens is 546 g/mol. The standard InChI is InChI=1S/C23H21Br2NO4S/c1-15-7-10-19(11-8-15)31(28,29)26(21-6-4-5-16(2)17(21)3)23(27)14-30-22-12-9-18(24)13-20(22)25/h4-13H,14H2,1-3H3. The topological polar surface area (TPSA) is 63.7 Å². The van der Waals surface area contributed by atoms with E-state index in [1.165, 1.54) is 12.1 Å². The summed E-state index contributed by atoms with van der Waals surface area (Å²) < 4.78 is 35.0. The van der Waals surface area contributed by atoms with Crippen molar-refractivity contribution in [3.63, 3.8) is 0 Å².